The van der Waals surface area contributed by atoms with Crippen LogP contribution in [0.1, 0.15) is 23.0 Å². The number of carbonyl (C=O) groups excluding carboxylic acids is 1. The van der Waals surface area contributed by atoms with Crippen molar-refractivity contribution in [2.24, 2.45) is 0 Å². The van der Waals surface area contributed by atoms with Gasteiger partial charge in [0.2, 0.25) is 0 Å². The van der Waals surface area contributed by atoms with Crippen LogP contribution in [0.3, 0.4) is 0 Å². The second-order valence-corrected chi connectivity index (χ2v) is 5.25. The molecule has 4 nitrogen and oxygen atoms in total. The molecule has 5 heteroatoms. The summed E-state index contributed by atoms with van der Waals surface area (Å²) in [5.41, 5.74) is 1.56. The SMILES string of the molecule is Cc1cc(C(=O)N2CC(CBr)OCC2C)ccn1. The van der Waals surface area contributed by atoms with Crippen molar-refractivity contribution in [2.75, 3.05) is 18.5 Å². The molecule has 0 saturated carbocycles. The number of aromatic nitrogens is 1. The smallest absolute Gasteiger partial charge is 0.254 e. The molecule has 1 aliphatic rings. The van der Waals surface area contributed by atoms with E-state index in [0.717, 1.165) is 11.0 Å². The first-order chi connectivity index (χ1) is 8.61. The first kappa shape index (κ1) is 13.5. The van der Waals surface area contributed by atoms with Gasteiger partial charge in [-0.15, -0.1) is 0 Å². The van der Waals surface area contributed by atoms with Crippen molar-refractivity contribution >= 4 is 21.8 Å². The lowest BCUT2D eigenvalue weighted by Gasteiger charge is -2.37. The number of ether oxygens (including phenoxy) is 1. The number of hydrogen-bond donors (Lipinski definition) is 0. The number of pyridine rings is 1. The van der Waals surface area contributed by atoms with Gasteiger partial charge in [-0.3, -0.25) is 9.78 Å². The third-order valence-corrected chi connectivity index (χ3v) is 3.80. The van der Waals surface area contributed by atoms with Gasteiger partial charge in [-0.05, 0) is 26.0 Å². The zero-order valence-electron chi connectivity index (χ0n) is 10.6. The Bertz CT molecular complexity index is 439. The number of halogens is 1. The lowest BCUT2D eigenvalue weighted by atomic mass is 10.1. The maximum atomic E-state index is 12.5. The summed E-state index contributed by atoms with van der Waals surface area (Å²) < 4.78 is 5.63. The van der Waals surface area contributed by atoms with E-state index in [0.29, 0.717) is 18.7 Å². The van der Waals surface area contributed by atoms with Gasteiger partial charge in [-0.25, -0.2) is 0 Å². The summed E-state index contributed by atoms with van der Waals surface area (Å²) in [4.78, 5) is 18.4. The van der Waals surface area contributed by atoms with Crippen LogP contribution in [-0.4, -0.2) is 46.4 Å². The van der Waals surface area contributed by atoms with Crippen molar-refractivity contribution in [2.45, 2.75) is 26.0 Å². The van der Waals surface area contributed by atoms with Gasteiger partial charge in [0.25, 0.3) is 5.91 Å². The van der Waals surface area contributed by atoms with Gasteiger partial charge in [0.1, 0.15) is 0 Å². The summed E-state index contributed by atoms with van der Waals surface area (Å²) in [5.74, 6) is 0.0576. The van der Waals surface area contributed by atoms with Crippen molar-refractivity contribution in [3.05, 3.63) is 29.6 Å². The molecule has 2 heterocycles. The van der Waals surface area contributed by atoms with Crippen LogP contribution in [0.15, 0.2) is 18.3 Å². The molecule has 98 valence electrons. The second-order valence-electron chi connectivity index (χ2n) is 4.60. The molecule has 2 rings (SSSR count). The van der Waals surface area contributed by atoms with E-state index < -0.39 is 0 Å². The predicted molar refractivity (Wildman–Crippen MR) is 73.0 cm³/mol. The van der Waals surface area contributed by atoms with E-state index in [4.69, 9.17) is 4.74 Å². The average molecular weight is 313 g/mol. The van der Waals surface area contributed by atoms with Crippen molar-refractivity contribution in [1.82, 2.24) is 9.88 Å². The van der Waals surface area contributed by atoms with Gasteiger partial charge in [-0.2, -0.15) is 0 Å². The Morgan fingerprint density at radius 3 is 3.11 bits per heavy atom. The molecule has 0 spiro atoms. The van der Waals surface area contributed by atoms with Crippen molar-refractivity contribution < 1.29 is 9.53 Å². The summed E-state index contributed by atoms with van der Waals surface area (Å²) in [6, 6.07) is 3.70. The van der Waals surface area contributed by atoms with Gasteiger partial charge >= 0.3 is 0 Å². The highest BCUT2D eigenvalue weighted by molar-refractivity contribution is 9.09. The lowest BCUT2D eigenvalue weighted by molar-refractivity contribution is -0.0361. The Morgan fingerprint density at radius 2 is 2.44 bits per heavy atom. The Morgan fingerprint density at radius 1 is 1.67 bits per heavy atom. The van der Waals surface area contributed by atoms with Crippen LogP contribution in [0.5, 0.6) is 0 Å². The topological polar surface area (TPSA) is 42.4 Å². The molecule has 0 N–H and O–H groups in total. The second kappa shape index (κ2) is 5.80. The molecule has 18 heavy (non-hydrogen) atoms. The molecule has 1 fully saturated rings. The minimum Gasteiger partial charge on any atom is -0.373 e. The molecule has 2 unspecified atom stereocenters. The van der Waals surface area contributed by atoms with E-state index in [9.17, 15) is 4.79 Å². The van der Waals surface area contributed by atoms with Crippen LogP contribution < -0.4 is 0 Å². The van der Waals surface area contributed by atoms with E-state index in [2.05, 4.69) is 20.9 Å². The van der Waals surface area contributed by atoms with Gasteiger partial charge in [0, 0.05) is 29.3 Å². The molecule has 1 aliphatic heterocycles. The Labute approximate surface area is 115 Å². The normalized spacial score (nSPS) is 24.1. The minimum atomic E-state index is 0.0576. The van der Waals surface area contributed by atoms with Crippen LogP contribution in [0.2, 0.25) is 0 Å². The molecule has 2 atom stereocenters. The summed E-state index contributed by atoms with van der Waals surface area (Å²) in [6.45, 7) is 5.12. The van der Waals surface area contributed by atoms with Gasteiger partial charge in [0.15, 0.2) is 0 Å². The van der Waals surface area contributed by atoms with Crippen LogP contribution >= 0.6 is 15.9 Å². The minimum absolute atomic E-state index is 0.0576. The molecular formula is C13H17BrN2O2. The highest BCUT2D eigenvalue weighted by Crippen LogP contribution is 2.16. The van der Waals surface area contributed by atoms with Crippen LogP contribution in [0.25, 0.3) is 0 Å². The first-order valence-electron chi connectivity index (χ1n) is 6.03. The standard InChI is InChI=1S/C13H17BrN2O2/c1-9-5-11(3-4-15-9)13(17)16-7-12(6-14)18-8-10(16)2/h3-5,10,12H,6-8H2,1-2H3. The van der Waals surface area contributed by atoms with E-state index >= 15 is 0 Å². The Hall–Kier alpha value is -0.940. The number of carbonyl (C=O) groups is 1. The van der Waals surface area contributed by atoms with Crippen molar-refractivity contribution in [1.29, 1.82) is 0 Å². The summed E-state index contributed by atoms with van der Waals surface area (Å²) in [6.07, 6.45) is 1.75. The molecule has 1 saturated heterocycles. The Kier molecular flexibility index (Phi) is 4.35. The molecule has 0 radical (unpaired) electrons. The molecule has 1 amide bonds. The van der Waals surface area contributed by atoms with Crippen LogP contribution in [0, 0.1) is 6.92 Å². The monoisotopic (exact) mass is 312 g/mol. The van der Waals surface area contributed by atoms with Crippen LogP contribution in [-0.2, 0) is 4.74 Å². The average Bonchev–Trinajstić information content (AvgIpc) is 2.38. The Balaban J connectivity index is 2.16. The van der Waals surface area contributed by atoms with E-state index in [-0.39, 0.29) is 18.1 Å². The fourth-order valence-electron chi connectivity index (χ4n) is 2.04. The number of hydrogen-bond acceptors (Lipinski definition) is 3. The first-order valence-corrected chi connectivity index (χ1v) is 7.15. The van der Waals surface area contributed by atoms with E-state index in [1.807, 2.05) is 24.8 Å². The molecule has 0 aliphatic carbocycles. The number of morpholine rings is 1. The number of aryl methyl sites for hydroxylation is 1. The molecular weight excluding hydrogens is 296 g/mol. The van der Waals surface area contributed by atoms with E-state index in [1.165, 1.54) is 0 Å². The zero-order valence-corrected chi connectivity index (χ0v) is 12.2. The third-order valence-electron chi connectivity index (χ3n) is 3.08. The quantitative estimate of drug-likeness (QED) is 0.785. The maximum Gasteiger partial charge on any atom is 0.254 e. The molecule has 1 aromatic heterocycles. The zero-order chi connectivity index (χ0) is 13.1. The number of alkyl halides is 1. The summed E-state index contributed by atoms with van der Waals surface area (Å²) in [7, 11) is 0. The number of nitrogens with zero attached hydrogens (tertiary/aromatic N) is 2. The summed E-state index contributed by atoms with van der Waals surface area (Å²) in [5, 5.41) is 0.749. The molecule has 0 aromatic carbocycles. The largest absolute Gasteiger partial charge is 0.373 e. The molecule has 0 bridgehead atoms. The van der Waals surface area contributed by atoms with Crippen molar-refractivity contribution in [3.63, 3.8) is 0 Å². The lowest BCUT2D eigenvalue weighted by Crippen LogP contribution is -2.51. The van der Waals surface area contributed by atoms with Gasteiger partial charge < -0.3 is 9.64 Å². The number of amides is 1. The fraction of sp³-hybridized carbons (Fsp3) is 0.538. The van der Waals surface area contributed by atoms with Gasteiger partial charge in [0.05, 0.1) is 18.8 Å². The highest BCUT2D eigenvalue weighted by atomic mass is 79.9. The van der Waals surface area contributed by atoms with E-state index in [1.54, 1.807) is 12.3 Å². The predicted octanol–water partition coefficient (Wildman–Crippen LogP) is 2.01. The highest BCUT2D eigenvalue weighted by Gasteiger charge is 2.29. The van der Waals surface area contributed by atoms with Gasteiger partial charge in [-0.1, -0.05) is 15.9 Å². The van der Waals surface area contributed by atoms with Crippen LogP contribution in [0.4, 0.5) is 0 Å². The maximum absolute atomic E-state index is 12.5. The molecule has 1 aromatic rings. The van der Waals surface area contributed by atoms with Crippen molar-refractivity contribution in [3.8, 4) is 0 Å². The number of rotatable bonds is 2. The fourth-order valence-corrected chi connectivity index (χ4v) is 2.43. The third kappa shape index (κ3) is 2.90. The summed E-state index contributed by atoms with van der Waals surface area (Å²) >= 11 is 3.40.